The summed E-state index contributed by atoms with van der Waals surface area (Å²) in [4.78, 5) is 34.1. The van der Waals surface area contributed by atoms with Crippen LogP contribution < -0.4 is 5.32 Å². The minimum absolute atomic E-state index is 0.00309. The van der Waals surface area contributed by atoms with Gasteiger partial charge in [0, 0.05) is 29.9 Å². The van der Waals surface area contributed by atoms with Crippen molar-refractivity contribution in [2.75, 3.05) is 11.9 Å². The summed E-state index contributed by atoms with van der Waals surface area (Å²) in [6.45, 7) is 7.82. The van der Waals surface area contributed by atoms with Crippen molar-refractivity contribution >= 4 is 29.3 Å². The van der Waals surface area contributed by atoms with E-state index < -0.39 is 23.2 Å². The summed E-state index contributed by atoms with van der Waals surface area (Å²) in [6, 6.07) is 0.887. The van der Waals surface area contributed by atoms with E-state index in [-0.39, 0.29) is 33.0 Å². The van der Waals surface area contributed by atoms with Crippen LogP contribution in [0.5, 0.6) is 0 Å². The number of halogens is 3. The predicted octanol–water partition coefficient (Wildman–Crippen LogP) is 4.87. The summed E-state index contributed by atoms with van der Waals surface area (Å²) < 4.78 is 41.7. The fourth-order valence-corrected chi connectivity index (χ4v) is 4.31. The van der Waals surface area contributed by atoms with Crippen LogP contribution in [0, 0.1) is 0 Å². The first kappa shape index (κ1) is 22.2. The molecule has 2 aromatic heterocycles. The molecule has 3 heterocycles. The van der Waals surface area contributed by atoms with E-state index in [0.717, 1.165) is 36.4 Å². The number of pyridine rings is 1. The van der Waals surface area contributed by atoms with E-state index >= 15 is 0 Å². The molecule has 2 aromatic rings. The Hall–Kier alpha value is -2.49. The summed E-state index contributed by atoms with van der Waals surface area (Å²) in [6.07, 6.45) is -1.53. The number of alkyl halides is 3. The first-order chi connectivity index (χ1) is 13.9. The Morgan fingerprint density at radius 1 is 1.33 bits per heavy atom. The molecule has 0 aromatic carbocycles. The molecule has 0 bridgehead atoms. The normalized spacial score (nSPS) is 17.3. The van der Waals surface area contributed by atoms with Crippen molar-refractivity contribution in [2.45, 2.75) is 58.3 Å². The average molecular weight is 440 g/mol. The Balaban J connectivity index is 2.14. The average Bonchev–Trinajstić information content (AvgIpc) is 3.25. The lowest BCUT2D eigenvalue weighted by Crippen LogP contribution is -2.34. The molecular weight excluding hydrogens is 417 g/mol. The van der Waals surface area contributed by atoms with Crippen molar-refractivity contribution in [1.29, 1.82) is 0 Å². The van der Waals surface area contributed by atoms with Crippen LogP contribution in [0.4, 0.5) is 19.0 Å². The van der Waals surface area contributed by atoms with Crippen LogP contribution in [0.25, 0.3) is 10.4 Å². The molecule has 1 fully saturated rings. The highest BCUT2D eigenvalue weighted by Crippen LogP contribution is 2.41. The SMILES string of the molecule is C[C@H]1CCCN1C(=O)c1nc(C=O)sc1-c1cnc(NC(C)(C)C)cc1C(F)(F)F. The first-order valence-corrected chi connectivity index (χ1v) is 10.3. The van der Waals surface area contributed by atoms with Crippen LogP contribution in [0.1, 0.15) is 66.4 Å². The maximum atomic E-state index is 13.9. The molecule has 10 heteroatoms. The van der Waals surface area contributed by atoms with E-state index in [4.69, 9.17) is 0 Å². The van der Waals surface area contributed by atoms with E-state index in [2.05, 4.69) is 15.3 Å². The second-order valence-corrected chi connectivity index (χ2v) is 9.36. The monoisotopic (exact) mass is 440 g/mol. The van der Waals surface area contributed by atoms with Crippen LogP contribution in [-0.4, -0.2) is 45.2 Å². The third-order valence-corrected chi connectivity index (χ3v) is 5.73. The molecule has 1 atom stereocenters. The maximum Gasteiger partial charge on any atom is 0.417 e. The number of aldehydes is 1. The van der Waals surface area contributed by atoms with E-state index in [1.165, 1.54) is 0 Å². The van der Waals surface area contributed by atoms with E-state index in [1.807, 2.05) is 27.7 Å². The number of hydrogen-bond acceptors (Lipinski definition) is 6. The number of rotatable bonds is 4. The lowest BCUT2D eigenvalue weighted by molar-refractivity contribution is -0.137. The molecule has 6 nitrogen and oxygen atoms in total. The van der Waals surface area contributed by atoms with Gasteiger partial charge < -0.3 is 10.2 Å². The zero-order valence-corrected chi connectivity index (χ0v) is 17.9. The highest BCUT2D eigenvalue weighted by molar-refractivity contribution is 7.17. The van der Waals surface area contributed by atoms with E-state index in [0.29, 0.717) is 12.8 Å². The number of anilines is 1. The fourth-order valence-electron chi connectivity index (χ4n) is 3.41. The number of carbonyl (C=O) groups is 2. The number of amides is 1. The van der Waals surface area contributed by atoms with Gasteiger partial charge in [-0.25, -0.2) is 9.97 Å². The smallest absolute Gasteiger partial charge is 0.365 e. The molecule has 162 valence electrons. The minimum atomic E-state index is -4.68. The number of nitrogens with one attached hydrogen (secondary N) is 1. The standard InChI is InChI=1S/C20H23F3N4O2S/c1-11-6-5-7-27(11)18(29)16-17(30-15(10-28)25-16)12-9-24-14(26-19(2,3)4)8-13(12)20(21,22)23/h8-11H,5-7H2,1-4H3,(H,24,26)/t11-/m0/s1. The molecule has 1 amide bonds. The summed E-state index contributed by atoms with van der Waals surface area (Å²) in [7, 11) is 0. The number of nitrogens with zero attached hydrogens (tertiary/aromatic N) is 3. The molecule has 1 aliphatic heterocycles. The second-order valence-electron chi connectivity index (χ2n) is 8.33. The Bertz CT molecular complexity index is 966. The van der Waals surface area contributed by atoms with Crippen LogP contribution in [0.3, 0.4) is 0 Å². The number of likely N-dealkylation sites (tertiary alicyclic amines) is 1. The molecule has 1 aliphatic rings. The van der Waals surface area contributed by atoms with Gasteiger partial charge in [-0.2, -0.15) is 13.2 Å². The van der Waals surface area contributed by atoms with Crippen LogP contribution in [-0.2, 0) is 6.18 Å². The quantitative estimate of drug-likeness (QED) is 0.687. The predicted molar refractivity (Wildman–Crippen MR) is 109 cm³/mol. The Labute approximate surface area is 176 Å². The molecule has 0 aliphatic carbocycles. The van der Waals surface area contributed by atoms with Gasteiger partial charge >= 0.3 is 6.18 Å². The maximum absolute atomic E-state index is 13.9. The Morgan fingerprint density at radius 3 is 2.57 bits per heavy atom. The molecule has 30 heavy (non-hydrogen) atoms. The lowest BCUT2D eigenvalue weighted by Gasteiger charge is -2.23. The zero-order valence-electron chi connectivity index (χ0n) is 17.1. The third kappa shape index (κ3) is 4.63. The molecule has 0 unspecified atom stereocenters. The van der Waals surface area contributed by atoms with Gasteiger partial charge in [-0.3, -0.25) is 9.59 Å². The van der Waals surface area contributed by atoms with Crippen molar-refractivity contribution in [3.8, 4) is 10.4 Å². The third-order valence-electron chi connectivity index (χ3n) is 4.72. The minimum Gasteiger partial charge on any atom is -0.365 e. The van der Waals surface area contributed by atoms with E-state index in [1.54, 1.807) is 4.90 Å². The largest absolute Gasteiger partial charge is 0.417 e. The van der Waals surface area contributed by atoms with Crippen LogP contribution in [0.15, 0.2) is 12.3 Å². The molecule has 1 N–H and O–H groups in total. The van der Waals surface area contributed by atoms with Crippen molar-refractivity contribution < 1.29 is 22.8 Å². The number of carbonyl (C=O) groups excluding carboxylic acids is 2. The van der Waals surface area contributed by atoms with Gasteiger partial charge in [-0.15, -0.1) is 11.3 Å². The van der Waals surface area contributed by atoms with Crippen molar-refractivity contribution in [1.82, 2.24) is 14.9 Å². The molecule has 0 saturated carbocycles. The van der Waals surface area contributed by atoms with Gasteiger partial charge in [0.25, 0.3) is 5.91 Å². The zero-order chi connectivity index (χ0) is 22.3. The first-order valence-electron chi connectivity index (χ1n) is 9.53. The molecule has 1 saturated heterocycles. The van der Waals surface area contributed by atoms with E-state index in [9.17, 15) is 22.8 Å². The van der Waals surface area contributed by atoms with Crippen LogP contribution in [0.2, 0.25) is 0 Å². The van der Waals surface area contributed by atoms with Gasteiger partial charge in [0.15, 0.2) is 11.3 Å². The highest BCUT2D eigenvalue weighted by atomic mass is 32.1. The molecular formula is C20H23F3N4O2S. The number of hydrogen-bond donors (Lipinski definition) is 1. The van der Waals surface area contributed by atoms with Gasteiger partial charge in [0.1, 0.15) is 11.5 Å². The topological polar surface area (TPSA) is 75.2 Å². The van der Waals surface area contributed by atoms with Gasteiger partial charge in [-0.1, -0.05) is 0 Å². The van der Waals surface area contributed by atoms with Gasteiger partial charge in [-0.05, 0) is 46.6 Å². The highest BCUT2D eigenvalue weighted by Gasteiger charge is 2.38. The summed E-state index contributed by atoms with van der Waals surface area (Å²) >= 11 is 0.763. The Morgan fingerprint density at radius 2 is 2.03 bits per heavy atom. The van der Waals surface area contributed by atoms with Gasteiger partial charge in [0.2, 0.25) is 0 Å². The second kappa shape index (κ2) is 7.98. The van der Waals surface area contributed by atoms with Gasteiger partial charge in [0.05, 0.1) is 10.4 Å². The molecule has 0 radical (unpaired) electrons. The summed E-state index contributed by atoms with van der Waals surface area (Å²) in [5, 5.41) is 2.87. The Kier molecular flexibility index (Phi) is 5.90. The van der Waals surface area contributed by atoms with Crippen molar-refractivity contribution in [3.05, 3.63) is 28.5 Å². The summed E-state index contributed by atoms with van der Waals surface area (Å²) in [5.41, 5.74) is -1.82. The molecule has 0 spiro atoms. The number of aromatic nitrogens is 2. The summed E-state index contributed by atoms with van der Waals surface area (Å²) in [5.74, 6) is -0.399. The fraction of sp³-hybridized carbons (Fsp3) is 0.500. The van der Waals surface area contributed by atoms with Crippen LogP contribution >= 0.6 is 11.3 Å². The number of thiazole rings is 1. The lowest BCUT2D eigenvalue weighted by atomic mass is 10.1. The molecule has 3 rings (SSSR count). The van der Waals surface area contributed by atoms with Crippen molar-refractivity contribution in [3.63, 3.8) is 0 Å². The van der Waals surface area contributed by atoms with Crippen molar-refractivity contribution in [2.24, 2.45) is 0 Å².